The van der Waals surface area contributed by atoms with Crippen LogP contribution in [0, 0.1) is 0 Å². The third-order valence-electron chi connectivity index (χ3n) is 4.90. The van der Waals surface area contributed by atoms with Crippen molar-refractivity contribution in [2.24, 2.45) is 5.73 Å². The number of hydrogen-bond donors (Lipinski definition) is 2. The fraction of sp³-hybridized carbons (Fsp3) is 0.304. The van der Waals surface area contributed by atoms with Crippen molar-refractivity contribution in [3.05, 3.63) is 48.2 Å². The maximum atomic E-state index is 10.7. The molecular formula is C23H25N5O4. The number of carboxylic acids is 1. The fourth-order valence-electron chi connectivity index (χ4n) is 3.42. The van der Waals surface area contributed by atoms with Gasteiger partial charge in [-0.3, -0.25) is 9.48 Å². The van der Waals surface area contributed by atoms with Crippen LogP contribution < -0.4 is 10.5 Å². The largest absolute Gasteiger partial charge is 0.491 e. The van der Waals surface area contributed by atoms with Crippen molar-refractivity contribution in [2.45, 2.75) is 45.9 Å². The van der Waals surface area contributed by atoms with E-state index in [0.717, 1.165) is 33.3 Å². The number of aliphatic carboxylic acids is 1. The minimum absolute atomic E-state index is 0.0533. The Morgan fingerprint density at radius 2 is 2.03 bits per heavy atom. The summed E-state index contributed by atoms with van der Waals surface area (Å²) in [5, 5.41) is 18.3. The van der Waals surface area contributed by atoms with Gasteiger partial charge in [-0.1, -0.05) is 5.16 Å². The molecule has 0 fully saturated rings. The second-order valence-electron chi connectivity index (χ2n) is 7.78. The first-order valence-corrected chi connectivity index (χ1v) is 10.5. The molecule has 0 aliphatic carbocycles. The van der Waals surface area contributed by atoms with Gasteiger partial charge in [0.25, 0.3) is 5.89 Å². The lowest BCUT2D eigenvalue weighted by molar-refractivity contribution is -0.137. The molecule has 3 N–H and O–H groups in total. The highest BCUT2D eigenvalue weighted by molar-refractivity contribution is 5.83. The van der Waals surface area contributed by atoms with Crippen molar-refractivity contribution in [1.82, 2.24) is 19.9 Å². The lowest BCUT2D eigenvalue weighted by Crippen LogP contribution is -2.09. The number of benzene rings is 2. The van der Waals surface area contributed by atoms with Crippen LogP contribution in [0.4, 0.5) is 0 Å². The van der Waals surface area contributed by atoms with Gasteiger partial charge < -0.3 is 20.1 Å². The Labute approximate surface area is 184 Å². The van der Waals surface area contributed by atoms with E-state index in [-0.39, 0.29) is 12.5 Å². The summed E-state index contributed by atoms with van der Waals surface area (Å²) in [6, 6.07) is 11.4. The summed E-state index contributed by atoms with van der Waals surface area (Å²) in [5.41, 5.74) is 9.15. The van der Waals surface area contributed by atoms with Crippen LogP contribution in [0.1, 0.15) is 32.3 Å². The number of aromatic nitrogens is 4. The van der Waals surface area contributed by atoms with E-state index in [2.05, 4.69) is 15.2 Å². The minimum Gasteiger partial charge on any atom is -0.491 e. The predicted molar refractivity (Wildman–Crippen MR) is 119 cm³/mol. The molecule has 0 atom stereocenters. The predicted octanol–water partition coefficient (Wildman–Crippen LogP) is 3.86. The van der Waals surface area contributed by atoms with Crippen LogP contribution in [-0.4, -0.2) is 37.1 Å². The minimum atomic E-state index is -0.808. The molecule has 166 valence electrons. The normalized spacial score (nSPS) is 11.4. The summed E-state index contributed by atoms with van der Waals surface area (Å²) in [6.07, 6.45) is 2.58. The summed E-state index contributed by atoms with van der Waals surface area (Å²) >= 11 is 0. The lowest BCUT2D eigenvalue weighted by atomic mass is 10.1. The van der Waals surface area contributed by atoms with Gasteiger partial charge in [0.05, 0.1) is 11.6 Å². The summed E-state index contributed by atoms with van der Waals surface area (Å²) in [6.45, 7) is 4.82. The number of fused-ring (bicyclic) bond motifs is 1. The molecule has 9 nitrogen and oxygen atoms in total. The second kappa shape index (κ2) is 9.19. The molecule has 4 rings (SSSR count). The zero-order valence-electron chi connectivity index (χ0n) is 18.0. The topological polar surface area (TPSA) is 129 Å². The number of rotatable bonds is 9. The van der Waals surface area contributed by atoms with Gasteiger partial charge in [0, 0.05) is 47.8 Å². The van der Waals surface area contributed by atoms with E-state index in [4.69, 9.17) is 20.1 Å². The molecule has 0 unspecified atom stereocenters. The molecule has 0 amide bonds. The smallest absolute Gasteiger partial charge is 0.303 e. The molecular weight excluding hydrogens is 410 g/mol. The van der Waals surface area contributed by atoms with E-state index in [0.29, 0.717) is 31.2 Å². The maximum absolute atomic E-state index is 10.7. The van der Waals surface area contributed by atoms with E-state index in [1.54, 1.807) is 4.68 Å². The summed E-state index contributed by atoms with van der Waals surface area (Å²) in [4.78, 5) is 15.2. The van der Waals surface area contributed by atoms with Crippen LogP contribution in [0.25, 0.3) is 33.7 Å². The monoisotopic (exact) mass is 435 g/mol. The SMILES string of the molecule is CC(C)Oc1ccc(-c2nc(-c3ccc4nn(CCCC(=O)O)cc4c3)no2)cc1CN. The first-order valence-electron chi connectivity index (χ1n) is 10.5. The van der Waals surface area contributed by atoms with Crippen molar-refractivity contribution >= 4 is 16.9 Å². The van der Waals surface area contributed by atoms with Crippen molar-refractivity contribution in [1.29, 1.82) is 0 Å². The number of nitrogens with zero attached hydrogens (tertiary/aromatic N) is 4. The highest BCUT2D eigenvalue weighted by Gasteiger charge is 2.14. The molecule has 32 heavy (non-hydrogen) atoms. The third-order valence-corrected chi connectivity index (χ3v) is 4.90. The molecule has 0 saturated carbocycles. The second-order valence-corrected chi connectivity index (χ2v) is 7.78. The highest BCUT2D eigenvalue weighted by atomic mass is 16.5. The maximum Gasteiger partial charge on any atom is 0.303 e. The first-order chi connectivity index (χ1) is 15.4. The zero-order valence-corrected chi connectivity index (χ0v) is 18.0. The third kappa shape index (κ3) is 4.78. The molecule has 0 saturated heterocycles. The summed E-state index contributed by atoms with van der Waals surface area (Å²) < 4.78 is 13.1. The van der Waals surface area contributed by atoms with Gasteiger partial charge in [0.1, 0.15) is 5.75 Å². The molecule has 0 aliphatic heterocycles. The lowest BCUT2D eigenvalue weighted by Gasteiger charge is -2.13. The molecule has 0 spiro atoms. The number of ether oxygens (including phenoxy) is 1. The molecule has 2 aromatic heterocycles. The Kier molecular flexibility index (Phi) is 6.18. The Morgan fingerprint density at radius 3 is 2.78 bits per heavy atom. The van der Waals surface area contributed by atoms with Gasteiger partial charge in [0.2, 0.25) is 5.82 Å². The molecule has 0 radical (unpaired) electrons. The van der Waals surface area contributed by atoms with Crippen molar-refractivity contribution in [3.63, 3.8) is 0 Å². The summed E-state index contributed by atoms with van der Waals surface area (Å²) in [5.74, 6) is 0.807. The quantitative estimate of drug-likeness (QED) is 0.405. The summed E-state index contributed by atoms with van der Waals surface area (Å²) in [7, 11) is 0. The Balaban J connectivity index is 1.56. The van der Waals surface area contributed by atoms with E-state index in [9.17, 15) is 4.79 Å². The Hall–Kier alpha value is -3.72. The Morgan fingerprint density at radius 1 is 1.22 bits per heavy atom. The van der Waals surface area contributed by atoms with Gasteiger partial charge in [0.15, 0.2) is 0 Å². The van der Waals surface area contributed by atoms with Crippen LogP contribution in [0.3, 0.4) is 0 Å². The first kappa shape index (κ1) is 21.5. The fourth-order valence-corrected chi connectivity index (χ4v) is 3.42. The Bertz CT molecular complexity index is 1240. The molecule has 0 bridgehead atoms. The van der Waals surface area contributed by atoms with Gasteiger partial charge in [-0.05, 0) is 56.7 Å². The van der Waals surface area contributed by atoms with Crippen LogP contribution >= 0.6 is 0 Å². The molecule has 2 aromatic carbocycles. The zero-order chi connectivity index (χ0) is 22.7. The molecule has 0 aliphatic rings. The highest BCUT2D eigenvalue weighted by Crippen LogP contribution is 2.29. The van der Waals surface area contributed by atoms with E-state index >= 15 is 0 Å². The van der Waals surface area contributed by atoms with Gasteiger partial charge in [-0.15, -0.1) is 0 Å². The van der Waals surface area contributed by atoms with Gasteiger partial charge in [-0.2, -0.15) is 10.1 Å². The van der Waals surface area contributed by atoms with E-state index in [1.807, 2.05) is 56.4 Å². The number of nitrogens with two attached hydrogens (primary N) is 1. The van der Waals surface area contributed by atoms with Gasteiger partial charge >= 0.3 is 5.97 Å². The van der Waals surface area contributed by atoms with Crippen LogP contribution in [0.2, 0.25) is 0 Å². The molecule has 4 aromatic rings. The van der Waals surface area contributed by atoms with Crippen LogP contribution in [-0.2, 0) is 17.9 Å². The van der Waals surface area contributed by atoms with Crippen molar-refractivity contribution < 1.29 is 19.2 Å². The molecule has 9 heteroatoms. The number of carbonyl (C=O) groups is 1. The van der Waals surface area contributed by atoms with E-state index < -0.39 is 5.97 Å². The van der Waals surface area contributed by atoms with Crippen LogP contribution in [0.5, 0.6) is 5.75 Å². The van der Waals surface area contributed by atoms with Gasteiger partial charge in [-0.25, -0.2) is 0 Å². The van der Waals surface area contributed by atoms with Crippen LogP contribution in [0.15, 0.2) is 47.1 Å². The molecule has 2 heterocycles. The number of hydrogen-bond acceptors (Lipinski definition) is 7. The van der Waals surface area contributed by atoms with Crippen molar-refractivity contribution in [2.75, 3.05) is 0 Å². The van der Waals surface area contributed by atoms with Crippen molar-refractivity contribution in [3.8, 4) is 28.6 Å². The standard InChI is InChI=1S/C23H25N5O4/c1-14(2)31-20-8-6-16(11-17(20)12-24)23-25-22(27-32-23)15-5-7-19-18(10-15)13-28(26-19)9-3-4-21(29)30/h5-8,10-11,13-14H,3-4,9,12,24H2,1-2H3,(H,29,30). The average molecular weight is 435 g/mol. The number of carboxylic acid groups (broad SMARTS) is 1. The number of aryl methyl sites for hydroxylation is 1. The van der Waals surface area contributed by atoms with E-state index in [1.165, 1.54) is 0 Å². The average Bonchev–Trinajstić information content (AvgIpc) is 3.40.